The number of hydrogen-bond acceptors (Lipinski definition) is 4. The van der Waals surface area contributed by atoms with E-state index in [1.807, 2.05) is 0 Å². The Morgan fingerprint density at radius 3 is 3.10 bits per heavy atom. The highest BCUT2D eigenvalue weighted by atomic mass is 32.1. The van der Waals surface area contributed by atoms with E-state index in [1.165, 1.54) is 42.4 Å². The molecule has 2 atom stereocenters. The minimum atomic E-state index is 0.897. The fraction of sp³-hybridized carbons (Fsp3) is 0.625. The first-order chi connectivity index (χ1) is 9.74. The Labute approximate surface area is 124 Å². The summed E-state index contributed by atoms with van der Waals surface area (Å²) in [4.78, 5) is 8.77. The summed E-state index contributed by atoms with van der Waals surface area (Å²) in [6.45, 7) is 5.53. The van der Waals surface area contributed by atoms with Gasteiger partial charge in [0.1, 0.15) is 12.1 Å². The second-order valence-electron chi connectivity index (χ2n) is 6.17. The van der Waals surface area contributed by atoms with E-state index in [0.29, 0.717) is 0 Å². The summed E-state index contributed by atoms with van der Waals surface area (Å²) in [5.41, 5.74) is 2.34. The van der Waals surface area contributed by atoms with Crippen molar-refractivity contribution >= 4 is 27.4 Å². The standard InChI is InChI=1S/C16H23N3S/c1-11-4-3-5-13(8-11)6-7-17-16-15-14(18-10-19-16)12(2)9-20-15/h9-11,13H,3-8H2,1-2H3,(H,17,18,19). The van der Waals surface area contributed by atoms with Crippen LogP contribution in [0.15, 0.2) is 11.7 Å². The molecule has 0 aliphatic heterocycles. The molecule has 2 aromatic heterocycles. The number of aryl methyl sites for hydroxylation is 1. The molecule has 3 rings (SSSR count). The van der Waals surface area contributed by atoms with Gasteiger partial charge in [0.25, 0.3) is 0 Å². The quantitative estimate of drug-likeness (QED) is 0.892. The lowest BCUT2D eigenvalue weighted by Crippen LogP contribution is -2.16. The Kier molecular flexibility index (Phi) is 4.20. The van der Waals surface area contributed by atoms with Crippen LogP contribution in [-0.2, 0) is 0 Å². The number of nitrogens with zero attached hydrogens (tertiary/aromatic N) is 2. The van der Waals surface area contributed by atoms with Crippen LogP contribution in [0.1, 0.15) is 44.6 Å². The molecule has 1 fully saturated rings. The molecule has 2 unspecified atom stereocenters. The third kappa shape index (κ3) is 2.95. The maximum Gasteiger partial charge on any atom is 0.147 e. The van der Waals surface area contributed by atoms with Gasteiger partial charge in [-0.25, -0.2) is 9.97 Å². The Balaban J connectivity index is 1.60. The molecule has 20 heavy (non-hydrogen) atoms. The van der Waals surface area contributed by atoms with Crippen molar-refractivity contribution < 1.29 is 0 Å². The van der Waals surface area contributed by atoms with Crippen LogP contribution < -0.4 is 5.32 Å². The monoisotopic (exact) mass is 289 g/mol. The topological polar surface area (TPSA) is 37.8 Å². The van der Waals surface area contributed by atoms with Gasteiger partial charge in [-0.1, -0.05) is 26.2 Å². The molecule has 108 valence electrons. The zero-order chi connectivity index (χ0) is 13.9. The van der Waals surface area contributed by atoms with E-state index in [0.717, 1.165) is 29.7 Å². The third-order valence-electron chi connectivity index (χ3n) is 4.42. The summed E-state index contributed by atoms with van der Waals surface area (Å²) in [5.74, 6) is 2.82. The van der Waals surface area contributed by atoms with Crippen molar-refractivity contribution in [3.8, 4) is 0 Å². The van der Waals surface area contributed by atoms with Gasteiger partial charge in [0.05, 0.1) is 10.2 Å². The first-order valence-electron chi connectivity index (χ1n) is 7.66. The molecule has 0 spiro atoms. The van der Waals surface area contributed by atoms with Crippen molar-refractivity contribution in [3.63, 3.8) is 0 Å². The molecular formula is C16H23N3S. The van der Waals surface area contributed by atoms with E-state index in [-0.39, 0.29) is 0 Å². The summed E-state index contributed by atoms with van der Waals surface area (Å²) in [5, 5.41) is 5.68. The normalized spacial score (nSPS) is 23.1. The molecule has 0 aromatic carbocycles. The van der Waals surface area contributed by atoms with Crippen LogP contribution in [-0.4, -0.2) is 16.5 Å². The second-order valence-corrected chi connectivity index (χ2v) is 7.05. The van der Waals surface area contributed by atoms with Crippen LogP contribution in [0, 0.1) is 18.8 Å². The average molecular weight is 289 g/mol. The van der Waals surface area contributed by atoms with E-state index >= 15 is 0 Å². The highest BCUT2D eigenvalue weighted by molar-refractivity contribution is 7.18. The van der Waals surface area contributed by atoms with Crippen LogP contribution >= 0.6 is 11.3 Å². The molecule has 0 amide bonds. The van der Waals surface area contributed by atoms with E-state index in [2.05, 4.69) is 34.5 Å². The Bertz CT molecular complexity index is 578. The van der Waals surface area contributed by atoms with Crippen LogP contribution in [0.25, 0.3) is 10.2 Å². The van der Waals surface area contributed by atoms with Crippen LogP contribution in [0.4, 0.5) is 5.82 Å². The minimum absolute atomic E-state index is 0.897. The number of fused-ring (bicyclic) bond motifs is 1. The van der Waals surface area contributed by atoms with Gasteiger partial charge in [-0.2, -0.15) is 0 Å². The highest BCUT2D eigenvalue weighted by Gasteiger charge is 2.18. The fourth-order valence-corrected chi connectivity index (χ4v) is 4.28. The zero-order valence-corrected chi connectivity index (χ0v) is 13.2. The van der Waals surface area contributed by atoms with Gasteiger partial charge >= 0.3 is 0 Å². The summed E-state index contributed by atoms with van der Waals surface area (Å²) < 4.78 is 1.20. The van der Waals surface area contributed by atoms with Gasteiger partial charge in [-0.3, -0.25) is 0 Å². The number of nitrogens with one attached hydrogen (secondary N) is 1. The van der Waals surface area contributed by atoms with Crippen molar-refractivity contribution in [2.45, 2.75) is 46.0 Å². The predicted molar refractivity (Wildman–Crippen MR) is 86.4 cm³/mol. The fourth-order valence-electron chi connectivity index (χ4n) is 3.31. The Hall–Kier alpha value is -1.16. The molecule has 2 aromatic rings. The lowest BCUT2D eigenvalue weighted by atomic mass is 9.81. The predicted octanol–water partition coefficient (Wildman–Crippen LogP) is 4.63. The van der Waals surface area contributed by atoms with Crippen LogP contribution in [0.3, 0.4) is 0 Å². The van der Waals surface area contributed by atoms with Crippen molar-refractivity contribution in [2.75, 3.05) is 11.9 Å². The number of aromatic nitrogens is 2. The van der Waals surface area contributed by atoms with E-state index < -0.39 is 0 Å². The molecule has 0 radical (unpaired) electrons. The number of anilines is 1. The number of hydrogen-bond donors (Lipinski definition) is 1. The van der Waals surface area contributed by atoms with Gasteiger partial charge < -0.3 is 5.32 Å². The van der Waals surface area contributed by atoms with E-state index in [1.54, 1.807) is 17.7 Å². The van der Waals surface area contributed by atoms with Gasteiger partial charge in [0, 0.05) is 6.54 Å². The van der Waals surface area contributed by atoms with Gasteiger partial charge in [0.15, 0.2) is 0 Å². The Morgan fingerprint density at radius 1 is 1.35 bits per heavy atom. The van der Waals surface area contributed by atoms with Crippen molar-refractivity contribution in [1.29, 1.82) is 0 Å². The molecule has 0 bridgehead atoms. The molecule has 2 heterocycles. The maximum atomic E-state index is 4.41. The zero-order valence-electron chi connectivity index (χ0n) is 12.4. The van der Waals surface area contributed by atoms with Gasteiger partial charge in [-0.05, 0) is 42.5 Å². The average Bonchev–Trinajstić information content (AvgIpc) is 2.82. The molecule has 1 aliphatic carbocycles. The number of rotatable bonds is 4. The summed E-state index contributed by atoms with van der Waals surface area (Å²) >= 11 is 1.74. The molecular weight excluding hydrogens is 266 g/mol. The molecule has 1 aliphatic rings. The van der Waals surface area contributed by atoms with E-state index in [9.17, 15) is 0 Å². The molecule has 0 saturated heterocycles. The van der Waals surface area contributed by atoms with Crippen LogP contribution in [0.5, 0.6) is 0 Å². The molecule has 1 saturated carbocycles. The summed E-state index contributed by atoms with van der Waals surface area (Å²) in [7, 11) is 0. The number of thiophene rings is 1. The minimum Gasteiger partial charge on any atom is -0.369 e. The van der Waals surface area contributed by atoms with Gasteiger partial charge in [0.2, 0.25) is 0 Å². The summed E-state index contributed by atoms with van der Waals surface area (Å²) in [6, 6.07) is 0. The molecule has 4 heteroatoms. The van der Waals surface area contributed by atoms with Gasteiger partial charge in [-0.15, -0.1) is 11.3 Å². The maximum absolute atomic E-state index is 4.41. The van der Waals surface area contributed by atoms with Crippen molar-refractivity contribution in [3.05, 3.63) is 17.3 Å². The van der Waals surface area contributed by atoms with E-state index in [4.69, 9.17) is 0 Å². The highest BCUT2D eigenvalue weighted by Crippen LogP contribution is 2.31. The first-order valence-corrected chi connectivity index (χ1v) is 8.54. The smallest absolute Gasteiger partial charge is 0.147 e. The van der Waals surface area contributed by atoms with Crippen LogP contribution in [0.2, 0.25) is 0 Å². The lowest BCUT2D eigenvalue weighted by molar-refractivity contribution is 0.274. The molecule has 3 nitrogen and oxygen atoms in total. The lowest BCUT2D eigenvalue weighted by Gasteiger charge is -2.26. The summed E-state index contributed by atoms with van der Waals surface area (Å²) in [6.07, 6.45) is 8.58. The van der Waals surface area contributed by atoms with Crippen molar-refractivity contribution in [2.24, 2.45) is 11.8 Å². The largest absolute Gasteiger partial charge is 0.369 e. The first kappa shape index (κ1) is 13.8. The second kappa shape index (κ2) is 6.08. The SMILES string of the molecule is Cc1csc2c(NCCC3CCCC(C)C3)ncnc12. The van der Waals surface area contributed by atoms with Crippen molar-refractivity contribution in [1.82, 2.24) is 9.97 Å². The third-order valence-corrected chi connectivity index (χ3v) is 5.51. The Morgan fingerprint density at radius 2 is 2.25 bits per heavy atom. The molecule has 1 N–H and O–H groups in total.